The fourth-order valence-electron chi connectivity index (χ4n) is 4.02. The molecule has 4 nitrogen and oxygen atoms in total. The average molecular weight is 593 g/mol. The molecule has 0 aromatic heterocycles. The van der Waals surface area contributed by atoms with Crippen molar-refractivity contribution < 1.29 is 0 Å². The van der Waals surface area contributed by atoms with E-state index in [4.69, 9.17) is 20.4 Å². The van der Waals surface area contributed by atoms with Crippen molar-refractivity contribution in [1.82, 2.24) is 0 Å². The number of nitrogens with zero attached hydrogens (tertiary/aromatic N) is 4. The Bertz CT molecular complexity index is 853. The molecule has 0 aliphatic carbocycles. The molecule has 228 valence electrons. The first kappa shape index (κ1) is 38.3. The van der Waals surface area contributed by atoms with Crippen LogP contribution in [-0.2, 0) is 0 Å². The quantitative estimate of drug-likeness (QED) is 0.138. The maximum absolute atomic E-state index is 5.05. The van der Waals surface area contributed by atoms with Crippen LogP contribution in [0.25, 0.3) is 0 Å². The molecule has 7 heteroatoms. The molecule has 0 bridgehead atoms. The monoisotopic (exact) mass is 592 g/mol. The van der Waals surface area contributed by atoms with Gasteiger partial charge in [0.1, 0.15) is 0 Å². The zero-order valence-electron chi connectivity index (χ0n) is 30.1. The van der Waals surface area contributed by atoms with Gasteiger partial charge in [-0.05, 0) is 24.2 Å². The van der Waals surface area contributed by atoms with Crippen molar-refractivity contribution in [2.24, 2.45) is 42.1 Å². The Morgan fingerprint density at radius 2 is 0.538 bits per heavy atom. The number of hydrogen-bond donors (Lipinski definition) is 0. The third kappa shape index (κ3) is 16.4. The van der Waals surface area contributed by atoms with Gasteiger partial charge in [-0.3, -0.25) is 0 Å². The number of hydrogen-bond acceptors (Lipinski definition) is 4. The second-order valence-electron chi connectivity index (χ2n) is 19.2. The maximum Gasteiger partial charge on any atom is 0.0592 e. The summed E-state index contributed by atoms with van der Waals surface area (Å²) in [5.41, 5.74) is 4.95. The van der Waals surface area contributed by atoms with E-state index < -0.39 is 24.2 Å². The fraction of sp³-hybridized carbons (Fsp3) is 0.875. The molecule has 0 saturated heterocycles. The first-order chi connectivity index (χ1) is 16.8. The van der Waals surface area contributed by atoms with Crippen LogP contribution in [0.3, 0.4) is 0 Å². The highest BCUT2D eigenvalue weighted by Gasteiger charge is 2.34. The molecule has 0 saturated carbocycles. The van der Waals surface area contributed by atoms with Gasteiger partial charge in [-0.1, -0.05) is 135 Å². The van der Waals surface area contributed by atoms with E-state index in [0.717, 1.165) is 24.2 Å². The van der Waals surface area contributed by atoms with Gasteiger partial charge in [0.2, 0.25) is 0 Å². The van der Waals surface area contributed by atoms with E-state index >= 15 is 0 Å². The van der Waals surface area contributed by atoms with Crippen LogP contribution in [0.1, 0.15) is 83.1 Å². The summed E-state index contributed by atoms with van der Waals surface area (Å²) in [7, 11) is -4.37. The Morgan fingerprint density at radius 3 is 0.692 bits per heavy atom. The van der Waals surface area contributed by atoms with Crippen LogP contribution in [0.2, 0.25) is 76.6 Å². The fourth-order valence-corrected chi connectivity index (χ4v) is 10.4. The van der Waals surface area contributed by atoms with Crippen LogP contribution in [0.5, 0.6) is 0 Å². The molecular weight excluding hydrogens is 525 g/mol. The first-order valence-corrected chi connectivity index (χ1v) is 26.0. The molecule has 39 heavy (non-hydrogen) atoms. The SMILES string of the molecule is CC(C)(C)/C(C[Si](C)(C)C/C(=N/N=C(/C[Si](C)(C)C)C(C)(C)C)C(C)(C)C)=N/N=C(/C[Si](C)(C)C)C(C)(C)C. The largest absolute Gasteiger partial charge is 0.160 e. The molecule has 0 heterocycles. The third-order valence-electron chi connectivity index (χ3n) is 6.73. The van der Waals surface area contributed by atoms with Crippen molar-refractivity contribution in [3.8, 4) is 0 Å². The topological polar surface area (TPSA) is 49.4 Å². The van der Waals surface area contributed by atoms with Crippen LogP contribution in [0.15, 0.2) is 20.4 Å². The lowest BCUT2D eigenvalue weighted by atomic mass is 9.90. The highest BCUT2D eigenvalue weighted by Crippen LogP contribution is 2.32. The van der Waals surface area contributed by atoms with Crippen molar-refractivity contribution in [1.29, 1.82) is 0 Å². The predicted octanol–water partition coefficient (Wildman–Crippen LogP) is 11.1. The van der Waals surface area contributed by atoms with Crippen LogP contribution in [-0.4, -0.2) is 47.1 Å². The van der Waals surface area contributed by atoms with E-state index in [2.05, 4.69) is 135 Å². The predicted molar refractivity (Wildman–Crippen MR) is 191 cm³/mol. The zero-order chi connectivity index (χ0) is 31.5. The van der Waals surface area contributed by atoms with Gasteiger partial charge < -0.3 is 0 Å². The van der Waals surface area contributed by atoms with Gasteiger partial charge in [-0.15, -0.1) is 0 Å². The Kier molecular flexibility index (Phi) is 12.9. The molecule has 0 unspecified atom stereocenters. The second kappa shape index (κ2) is 13.1. The highest BCUT2D eigenvalue weighted by atomic mass is 28.3. The summed E-state index contributed by atoms with van der Waals surface area (Å²) in [6, 6.07) is 4.21. The summed E-state index contributed by atoms with van der Waals surface area (Å²) in [5.74, 6) is 0. The summed E-state index contributed by atoms with van der Waals surface area (Å²) in [6.45, 7) is 46.9. The minimum absolute atomic E-state index is 0.0240. The molecular formula is C32H68N4Si3. The Balaban J connectivity index is 6.55. The van der Waals surface area contributed by atoms with Crippen molar-refractivity contribution in [2.75, 3.05) is 0 Å². The smallest absolute Gasteiger partial charge is 0.0592 e. The van der Waals surface area contributed by atoms with Gasteiger partial charge in [0, 0.05) is 44.5 Å². The van der Waals surface area contributed by atoms with E-state index in [1.54, 1.807) is 0 Å². The van der Waals surface area contributed by atoms with Crippen LogP contribution in [0, 0.1) is 21.7 Å². The molecule has 0 aromatic carbocycles. The lowest BCUT2D eigenvalue weighted by molar-refractivity contribution is 0.574. The van der Waals surface area contributed by atoms with Crippen molar-refractivity contribution in [3.05, 3.63) is 0 Å². The lowest BCUT2D eigenvalue weighted by Gasteiger charge is -2.32. The molecule has 0 rings (SSSR count). The minimum Gasteiger partial charge on any atom is -0.160 e. The summed E-state index contributed by atoms with van der Waals surface area (Å²) < 4.78 is 0. The zero-order valence-corrected chi connectivity index (χ0v) is 33.1. The van der Waals surface area contributed by atoms with Crippen LogP contribution in [0.4, 0.5) is 0 Å². The second-order valence-corrected chi connectivity index (χ2v) is 35.2. The molecule has 0 aliphatic heterocycles. The minimum atomic E-state index is -1.76. The van der Waals surface area contributed by atoms with Gasteiger partial charge in [0.05, 0.1) is 24.2 Å². The molecule has 0 N–H and O–H groups in total. The number of rotatable bonds is 10. The van der Waals surface area contributed by atoms with Crippen LogP contribution < -0.4 is 0 Å². The van der Waals surface area contributed by atoms with Crippen LogP contribution >= 0.6 is 0 Å². The first-order valence-electron chi connectivity index (χ1n) is 15.1. The summed E-state index contributed by atoms with van der Waals surface area (Å²) in [6.07, 6.45) is 0. The van der Waals surface area contributed by atoms with Crippen molar-refractivity contribution in [2.45, 2.75) is 160 Å². The van der Waals surface area contributed by atoms with Gasteiger partial charge in [-0.2, -0.15) is 20.4 Å². The highest BCUT2D eigenvalue weighted by molar-refractivity contribution is 6.83. The van der Waals surface area contributed by atoms with Gasteiger partial charge in [0.25, 0.3) is 0 Å². The summed E-state index contributed by atoms with van der Waals surface area (Å²) >= 11 is 0. The summed E-state index contributed by atoms with van der Waals surface area (Å²) in [4.78, 5) is 0. The van der Waals surface area contributed by atoms with Crippen molar-refractivity contribution in [3.63, 3.8) is 0 Å². The third-order valence-corrected chi connectivity index (χ3v) is 12.1. The Hall–Kier alpha value is -0.669. The van der Waals surface area contributed by atoms with Gasteiger partial charge in [0.15, 0.2) is 0 Å². The molecule has 0 spiro atoms. The molecule has 0 atom stereocenters. The Labute approximate surface area is 248 Å². The summed E-state index contributed by atoms with van der Waals surface area (Å²) in [5, 5.41) is 20.1. The van der Waals surface area contributed by atoms with E-state index in [1.165, 1.54) is 22.8 Å². The van der Waals surface area contributed by atoms with E-state index in [0.29, 0.717) is 0 Å². The average Bonchev–Trinajstić information content (AvgIpc) is 2.60. The maximum atomic E-state index is 5.05. The Morgan fingerprint density at radius 1 is 0.359 bits per heavy atom. The van der Waals surface area contributed by atoms with Crippen molar-refractivity contribution >= 4 is 47.1 Å². The molecule has 0 fully saturated rings. The molecule has 0 radical (unpaired) electrons. The standard InChI is InChI=1S/C32H68N4Si3/c1-29(2,3)25(21-37(13,14)15)33-35-27(31(7,8)9)23-39(19,20)24-28(32(10,11)12)36-34-26(30(4,5)6)22-38(16,17)18/h21-24H2,1-20H3/b33-25-,34-26-,35-27-,36-28+. The van der Waals surface area contributed by atoms with Gasteiger partial charge >= 0.3 is 0 Å². The molecule has 0 aliphatic rings. The molecule has 0 amide bonds. The normalized spacial score (nSPS) is 16.7. The van der Waals surface area contributed by atoms with E-state index in [9.17, 15) is 0 Å². The molecule has 0 aromatic rings. The van der Waals surface area contributed by atoms with E-state index in [1.807, 2.05) is 0 Å². The lowest BCUT2D eigenvalue weighted by Crippen LogP contribution is -2.38. The van der Waals surface area contributed by atoms with E-state index in [-0.39, 0.29) is 21.7 Å². The van der Waals surface area contributed by atoms with Gasteiger partial charge in [-0.25, -0.2) is 0 Å².